The van der Waals surface area contributed by atoms with Crippen molar-refractivity contribution >= 4 is 0 Å². The maximum Gasteiger partial charge on any atom is 0.225 e. The Labute approximate surface area is 218 Å². The maximum atomic E-state index is 9.37. The van der Waals surface area contributed by atoms with Crippen molar-refractivity contribution in [3.05, 3.63) is 108 Å². The molecule has 37 heavy (non-hydrogen) atoms. The van der Waals surface area contributed by atoms with Gasteiger partial charge in [0.2, 0.25) is 11.8 Å². The van der Waals surface area contributed by atoms with E-state index in [1.54, 1.807) is 0 Å². The lowest BCUT2D eigenvalue weighted by molar-refractivity contribution is 0.104. The topological polar surface area (TPSA) is 60.8 Å². The van der Waals surface area contributed by atoms with Crippen molar-refractivity contribution in [3.8, 4) is 28.6 Å². The zero-order chi connectivity index (χ0) is 25.3. The SMILES string of the molecule is OCC1CCC(Oc2ccc(-c3ccc(OCc4ccccc4)nc3OCc3ccccc3)cc2)CC1. The fraction of sp³-hybridized carbons (Fsp3) is 0.281. The van der Waals surface area contributed by atoms with E-state index in [4.69, 9.17) is 19.2 Å². The van der Waals surface area contributed by atoms with E-state index in [1.807, 2.05) is 97.1 Å². The van der Waals surface area contributed by atoms with Gasteiger partial charge in [0.25, 0.3) is 0 Å². The lowest BCUT2D eigenvalue weighted by Gasteiger charge is -2.27. The summed E-state index contributed by atoms with van der Waals surface area (Å²) in [6.07, 6.45) is 4.22. The average molecular weight is 496 g/mol. The Bertz CT molecular complexity index is 1240. The molecule has 4 aromatic rings. The summed E-state index contributed by atoms with van der Waals surface area (Å²) >= 11 is 0. The lowest BCUT2D eigenvalue weighted by atomic mass is 9.88. The fourth-order valence-electron chi connectivity index (χ4n) is 4.63. The van der Waals surface area contributed by atoms with Gasteiger partial charge in [-0.25, -0.2) is 0 Å². The van der Waals surface area contributed by atoms with E-state index in [2.05, 4.69) is 0 Å². The summed E-state index contributed by atoms with van der Waals surface area (Å²) in [7, 11) is 0. The minimum absolute atomic E-state index is 0.209. The van der Waals surface area contributed by atoms with Crippen LogP contribution in [-0.4, -0.2) is 22.8 Å². The Morgan fingerprint density at radius 3 is 1.92 bits per heavy atom. The molecule has 0 amide bonds. The summed E-state index contributed by atoms with van der Waals surface area (Å²) in [5.74, 6) is 2.34. The smallest absolute Gasteiger partial charge is 0.225 e. The predicted molar refractivity (Wildman–Crippen MR) is 145 cm³/mol. The Morgan fingerprint density at radius 1 is 0.676 bits per heavy atom. The highest BCUT2D eigenvalue weighted by atomic mass is 16.5. The number of nitrogens with zero attached hydrogens (tertiary/aromatic N) is 1. The van der Waals surface area contributed by atoms with Crippen LogP contribution in [0.5, 0.6) is 17.5 Å². The Morgan fingerprint density at radius 2 is 1.30 bits per heavy atom. The molecule has 1 aromatic heterocycles. The molecule has 1 N–H and O–H groups in total. The first kappa shape index (κ1) is 24.8. The number of aromatic nitrogens is 1. The largest absolute Gasteiger partial charge is 0.490 e. The molecule has 5 nitrogen and oxygen atoms in total. The van der Waals surface area contributed by atoms with Crippen molar-refractivity contribution in [1.29, 1.82) is 0 Å². The molecule has 0 atom stereocenters. The van der Waals surface area contributed by atoms with Gasteiger partial charge in [-0.1, -0.05) is 72.8 Å². The third-order valence-electron chi connectivity index (χ3n) is 6.80. The molecule has 1 fully saturated rings. The zero-order valence-corrected chi connectivity index (χ0v) is 21.0. The molecule has 0 spiro atoms. The molecule has 0 bridgehead atoms. The number of pyridine rings is 1. The summed E-state index contributed by atoms with van der Waals surface area (Å²) < 4.78 is 18.4. The number of aliphatic hydroxyl groups excluding tert-OH is 1. The quantitative estimate of drug-likeness (QED) is 0.261. The molecular formula is C32H33NO4. The number of ether oxygens (including phenoxy) is 3. The average Bonchev–Trinajstić information content (AvgIpc) is 2.97. The first-order valence-electron chi connectivity index (χ1n) is 13.0. The number of aliphatic hydroxyl groups is 1. The molecule has 0 radical (unpaired) electrons. The van der Waals surface area contributed by atoms with Crippen LogP contribution in [0.4, 0.5) is 0 Å². The van der Waals surface area contributed by atoms with Gasteiger partial charge in [-0.3, -0.25) is 0 Å². The monoisotopic (exact) mass is 495 g/mol. The van der Waals surface area contributed by atoms with Crippen LogP contribution in [0.2, 0.25) is 0 Å². The third kappa shape index (κ3) is 6.89. The Hall–Kier alpha value is -3.83. The van der Waals surface area contributed by atoms with E-state index in [0.717, 1.165) is 53.7 Å². The normalized spacial score (nSPS) is 17.2. The molecule has 3 aromatic carbocycles. The molecule has 0 aliphatic heterocycles. The molecule has 0 unspecified atom stereocenters. The second kappa shape index (κ2) is 12.4. The second-order valence-electron chi connectivity index (χ2n) is 9.52. The van der Waals surface area contributed by atoms with E-state index < -0.39 is 0 Å². The van der Waals surface area contributed by atoms with Gasteiger partial charge in [-0.05, 0) is 66.5 Å². The van der Waals surface area contributed by atoms with Crippen molar-refractivity contribution < 1.29 is 19.3 Å². The van der Waals surface area contributed by atoms with Crippen LogP contribution in [-0.2, 0) is 13.2 Å². The second-order valence-corrected chi connectivity index (χ2v) is 9.52. The third-order valence-corrected chi connectivity index (χ3v) is 6.80. The first-order chi connectivity index (χ1) is 18.3. The number of hydrogen-bond donors (Lipinski definition) is 1. The molecule has 0 saturated heterocycles. The highest BCUT2D eigenvalue weighted by Gasteiger charge is 2.22. The van der Waals surface area contributed by atoms with Gasteiger partial charge < -0.3 is 19.3 Å². The van der Waals surface area contributed by atoms with Gasteiger partial charge in [0, 0.05) is 18.2 Å². The van der Waals surface area contributed by atoms with Gasteiger partial charge in [-0.15, -0.1) is 0 Å². The summed E-state index contributed by atoms with van der Waals surface area (Å²) in [6.45, 7) is 1.14. The van der Waals surface area contributed by atoms with E-state index in [1.165, 1.54) is 0 Å². The van der Waals surface area contributed by atoms with Crippen molar-refractivity contribution in [2.24, 2.45) is 5.92 Å². The lowest BCUT2D eigenvalue weighted by Crippen LogP contribution is -2.25. The van der Waals surface area contributed by atoms with Gasteiger partial charge in [-0.2, -0.15) is 4.98 Å². The number of hydrogen-bond acceptors (Lipinski definition) is 5. The summed E-state index contributed by atoms with van der Waals surface area (Å²) in [5.41, 5.74) is 4.06. The van der Waals surface area contributed by atoms with Crippen LogP contribution in [0, 0.1) is 5.92 Å². The fourth-order valence-corrected chi connectivity index (χ4v) is 4.63. The van der Waals surface area contributed by atoms with Gasteiger partial charge in [0.05, 0.1) is 6.10 Å². The standard InChI is InChI=1S/C32H33NO4/c34-21-24-11-15-28(16-12-24)37-29-17-13-27(14-18-29)30-19-20-31(35-22-25-7-3-1-4-8-25)33-32(30)36-23-26-9-5-2-6-10-26/h1-10,13-14,17-20,24,28,34H,11-12,15-16,21-23H2. The van der Waals surface area contributed by atoms with Gasteiger partial charge in [0.1, 0.15) is 19.0 Å². The zero-order valence-electron chi connectivity index (χ0n) is 21.0. The van der Waals surface area contributed by atoms with Crippen molar-refractivity contribution in [2.45, 2.75) is 45.0 Å². The molecule has 1 aliphatic carbocycles. The Kier molecular flexibility index (Phi) is 8.34. The number of benzene rings is 3. The summed E-state index contributed by atoms with van der Waals surface area (Å²) in [5, 5.41) is 9.37. The van der Waals surface area contributed by atoms with Crippen LogP contribution >= 0.6 is 0 Å². The molecule has 1 heterocycles. The highest BCUT2D eigenvalue weighted by Crippen LogP contribution is 2.33. The van der Waals surface area contributed by atoms with Crippen LogP contribution in [0.25, 0.3) is 11.1 Å². The minimum Gasteiger partial charge on any atom is -0.490 e. The molecule has 1 aliphatic rings. The summed E-state index contributed by atoms with van der Waals surface area (Å²) in [6, 6.07) is 32.1. The summed E-state index contributed by atoms with van der Waals surface area (Å²) in [4.78, 5) is 4.71. The van der Waals surface area contributed by atoms with E-state index >= 15 is 0 Å². The van der Waals surface area contributed by atoms with Gasteiger partial charge in [0.15, 0.2) is 0 Å². The maximum absolute atomic E-state index is 9.37. The van der Waals surface area contributed by atoms with Crippen molar-refractivity contribution in [2.75, 3.05) is 6.61 Å². The van der Waals surface area contributed by atoms with Crippen LogP contribution in [0.3, 0.4) is 0 Å². The number of rotatable bonds is 10. The molecule has 190 valence electrons. The van der Waals surface area contributed by atoms with Crippen LogP contribution < -0.4 is 14.2 Å². The Balaban J connectivity index is 1.31. The van der Waals surface area contributed by atoms with Crippen LogP contribution in [0.1, 0.15) is 36.8 Å². The highest BCUT2D eigenvalue weighted by molar-refractivity contribution is 5.69. The predicted octanol–water partition coefficient (Wildman–Crippen LogP) is 6.84. The van der Waals surface area contributed by atoms with E-state index in [9.17, 15) is 5.11 Å². The van der Waals surface area contributed by atoms with Crippen molar-refractivity contribution in [3.63, 3.8) is 0 Å². The minimum atomic E-state index is 0.209. The molecule has 5 heteroatoms. The van der Waals surface area contributed by atoms with Crippen LogP contribution in [0.15, 0.2) is 97.1 Å². The molecule has 1 saturated carbocycles. The van der Waals surface area contributed by atoms with Crippen molar-refractivity contribution in [1.82, 2.24) is 4.98 Å². The first-order valence-corrected chi connectivity index (χ1v) is 13.0. The van der Waals surface area contributed by atoms with Gasteiger partial charge >= 0.3 is 0 Å². The van der Waals surface area contributed by atoms with E-state index in [0.29, 0.717) is 30.9 Å². The molecular weight excluding hydrogens is 462 g/mol. The van der Waals surface area contributed by atoms with E-state index in [-0.39, 0.29) is 12.7 Å². The molecule has 5 rings (SSSR count).